The summed E-state index contributed by atoms with van der Waals surface area (Å²) in [6, 6.07) is 12.3. The second-order valence-corrected chi connectivity index (χ2v) is 6.50. The Labute approximate surface area is 171 Å². The number of nitriles is 1. The van der Waals surface area contributed by atoms with Gasteiger partial charge in [0.1, 0.15) is 34.5 Å². The van der Waals surface area contributed by atoms with Crippen LogP contribution in [-0.4, -0.2) is 21.3 Å². The van der Waals surface area contributed by atoms with E-state index in [1.165, 1.54) is 21.3 Å². The summed E-state index contributed by atoms with van der Waals surface area (Å²) < 4.78 is 27.7. The standard InChI is InChI=1S/C22H18N2O6/c1-26-11-8-15(27-2)18(16(9-11)28-3)17-13(10-23)21(24)30-20-12-6-4-5-7-14(12)29-22(25)19(17)20/h4-9,17H,24H2,1-3H3. The van der Waals surface area contributed by atoms with Gasteiger partial charge in [-0.25, -0.2) is 4.79 Å². The van der Waals surface area contributed by atoms with E-state index in [1.54, 1.807) is 36.4 Å². The molecule has 0 amide bonds. The van der Waals surface area contributed by atoms with Gasteiger partial charge in [-0.1, -0.05) is 12.1 Å². The largest absolute Gasteiger partial charge is 0.496 e. The molecule has 2 heterocycles. The summed E-state index contributed by atoms with van der Waals surface area (Å²) in [5, 5.41) is 10.4. The molecule has 1 aromatic heterocycles. The van der Waals surface area contributed by atoms with Crippen LogP contribution in [0.1, 0.15) is 17.0 Å². The minimum absolute atomic E-state index is 0.0480. The first-order chi connectivity index (χ1) is 14.5. The Kier molecular flexibility index (Phi) is 4.72. The fourth-order valence-electron chi connectivity index (χ4n) is 3.67. The minimum Gasteiger partial charge on any atom is -0.496 e. The van der Waals surface area contributed by atoms with Crippen LogP contribution >= 0.6 is 0 Å². The third-order valence-corrected chi connectivity index (χ3v) is 5.02. The molecule has 0 aliphatic carbocycles. The topological polar surface area (TPSA) is 117 Å². The number of benzene rings is 2. The van der Waals surface area contributed by atoms with Gasteiger partial charge < -0.3 is 29.1 Å². The molecule has 2 N–H and O–H groups in total. The molecule has 0 saturated carbocycles. The van der Waals surface area contributed by atoms with Gasteiger partial charge in [0.15, 0.2) is 5.75 Å². The molecule has 0 bridgehead atoms. The molecular formula is C22H18N2O6. The van der Waals surface area contributed by atoms with Gasteiger partial charge in [-0.2, -0.15) is 5.26 Å². The maximum absolute atomic E-state index is 13.0. The molecule has 0 spiro atoms. The molecule has 8 heteroatoms. The molecule has 1 unspecified atom stereocenters. The Morgan fingerprint density at radius 1 is 1.03 bits per heavy atom. The Bertz CT molecular complexity index is 1260. The van der Waals surface area contributed by atoms with Crippen molar-refractivity contribution in [3.8, 4) is 29.1 Å². The summed E-state index contributed by atoms with van der Waals surface area (Å²) in [7, 11) is 4.46. The molecule has 2 aromatic carbocycles. The molecule has 4 rings (SSSR count). The van der Waals surface area contributed by atoms with Crippen molar-refractivity contribution in [1.29, 1.82) is 5.26 Å². The van der Waals surface area contributed by atoms with Crippen molar-refractivity contribution < 1.29 is 23.4 Å². The minimum atomic E-state index is -0.921. The second kappa shape index (κ2) is 7.37. The summed E-state index contributed by atoms with van der Waals surface area (Å²) in [4.78, 5) is 13.0. The average molecular weight is 406 g/mol. The third kappa shape index (κ3) is 2.79. The zero-order valence-corrected chi connectivity index (χ0v) is 16.5. The van der Waals surface area contributed by atoms with E-state index in [0.29, 0.717) is 33.8 Å². The average Bonchev–Trinajstić information content (AvgIpc) is 2.77. The predicted octanol–water partition coefficient (Wildman–Crippen LogP) is 3.04. The lowest BCUT2D eigenvalue weighted by molar-refractivity contribution is 0.359. The summed E-state index contributed by atoms with van der Waals surface area (Å²) in [5.41, 5.74) is 6.44. The molecule has 1 aliphatic heterocycles. The maximum Gasteiger partial charge on any atom is 0.344 e. The van der Waals surface area contributed by atoms with Gasteiger partial charge in [0.2, 0.25) is 5.88 Å². The summed E-state index contributed by atoms with van der Waals surface area (Å²) in [6.07, 6.45) is 0. The zero-order chi connectivity index (χ0) is 21.4. The van der Waals surface area contributed by atoms with Gasteiger partial charge in [-0.15, -0.1) is 0 Å². The highest BCUT2D eigenvalue weighted by Crippen LogP contribution is 2.49. The number of para-hydroxylation sites is 1. The molecule has 3 aromatic rings. The van der Waals surface area contributed by atoms with Crippen molar-refractivity contribution in [3.05, 3.63) is 69.4 Å². The first kappa shape index (κ1) is 19.2. The number of fused-ring (bicyclic) bond motifs is 3. The Morgan fingerprint density at radius 3 is 2.30 bits per heavy atom. The number of methoxy groups -OCH3 is 3. The normalized spacial score (nSPS) is 15.2. The highest BCUT2D eigenvalue weighted by molar-refractivity contribution is 5.86. The lowest BCUT2D eigenvalue weighted by atomic mass is 9.82. The zero-order valence-electron chi connectivity index (χ0n) is 16.5. The number of allylic oxidation sites excluding steroid dienone is 1. The number of hydrogen-bond donors (Lipinski definition) is 1. The van der Waals surface area contributed by atoms with Crippen LogP contribution in [0.25, 0.3) is 11.0 Å². The molecule has 0 saturated heterocycles. The van der Waals surface area contributed by atoms with Crippen molar-refractivity contribution in [2.24, 2.45) is 5.73 Å². The Hall–Kier alpha value is -4.12. The van der Waals surface area contributed by atoms with E-state index in [9.17, 15) is 10.1 Å². The quantitative estimate of drug-likeness (QED) is 0.657. The lowest BCUT2D eigenvalue weighted by Gasteiger charge is -2.28. The van der Waals surface area contributed by atoms with E-state index in [2.05, 4.69) is 6.07 Å². The third-order valence-electron chi connectivity index (χ3n) is 5.02. The first-order valence-corrected chi connectivity index (χ1v) is 8.97. The van der Waals surface area contributed by atoms with Crippen LogP contribution in [0, 0.1) is 11.3 Å². The second-order valence-electron chi connectivity index (χ2n) is 6.50. The van der Waals surface area contributed by atoms with E-state index in [-0.39, 0.29) is 22.8 Å². The van der Waals surface area contributed by atoms with Crippen LogP contribution in [0.15, 0.2) is 57.1 Å². The van der Waals surface area contributed by atoms with Crippen LogP contribution < -0.4 is 30.3 Å². The van der Waals surface area contributed by atoms with E-state index >= 15 is 0 Å². The van der Waals surface area contributed by atoms with Gasteiger partial charge in [-0.3, -0.25) is 0 Å². The van der Waals surface area contributed by atoms with Crippen LogP contribution in [0.2, 0.25) is 0 Å². The molecule has 1 atom stereocenters. The first-order valence-electron chi connectivity index (χ1n) is 8.97. The lowest BCUT2D eigenvalue weighted by Crippen LogP contribution is -2.27. The molecule has 1 aliphatic rings. The summed E-state index contributed by atoms with van der Waals surface area (Å²) in [6.45, 7) is 0. The van der Waals surface area contributed by atoms with E-state index in [0.717, 1.165) is 0 Å². The van der Waals surface area contributed by atoms with Crippen molar-refractivity contribution in [1.82, 2.24) is 0 Å². The molecule has 8 nitrogen and oxygen atoms in total. The Balaban J connectivity index is 2.13. The predicted molar refractivity (Wildman–Crippen MR) is 108 cm³/mol. The highest BCUT2D eigenvalue weighted by Gasteiger charge is 2.39. The van der Waals surface area contributed by atoms with Crippen molar-refractivity contribution in [2.75, 3.05) is 21.3 Å². The van der Waals surface area contributed by atoms with Gasteiger partial charge in [-0.05, 0) is 12.1 Å². The van der Waals surface area contributed by atoms with Crippen LogP contribution in [0.3, 0.4) is 0 Å². The number of nitrogens with zero attached hydrogens (tertiary/aromatic N) is 1. The van der Waals surface area contributed by atoms with Gasteiger partial charge in [0, 0.05) is 17.7 Å². The maximum atomic E-state index is 13.0. The van der Waals surface area contributed by atoms with E-state index < -0.39 is 11.5 Å². The summed E-state index contributed by atoms with van der Waals surface area (Å²) >= 11 is 0. The molecular weight excluding hydrogens is 388 g/mol. The van der Waals surface area contributed by atoms with Gasteiger partial charge in [0.05, 0.1) is 38.2 Å². The van der Waals surface area contributed by atoms with Crippen molar-refractivity contribution in [3.63, 3.8) is 0 Å². The van der Waals surface area contributed by atoms with E-state index in [4.69, 9.17) is 29.1 Å². The van der Waals surface area contributed by atoms with Crippen LogP contribution in [0.5, 0.6) is 23.0 Å². The summed E-state index contributed by atoms with van der Waals surface area (Å²) in [5.74, 6) is 0.416. The molecule has 30 heavy (non-hydrogen) atoms. The fraction of sp³-hybridized carbons (Fsp3) is 0.182. The van der Waals surface area contributed by atoms with Crippen molar-refractivity contribution >= 4 is 11.0 Å². The number of ether oxygens (including phenoxy) is 4. The highest BCUT2D eigenvalue weighted by atomic mass is 16.5. The number of nitrogens with two attached hydrogens (primary N) is 1. The Morgan fingerprint density at radius 2 is 1.70 bits per heavy atom. The smallest absolute Gasteiger partial charge is 0.344 e. The van der Waals surface area contributed by atoms with Gasteiger partial charge >= 0.3 is 5.63 Å². The monoisotopic (exact) mass is 406 g/mol. The molecule has 0 fully saturated rings. The molecule has 0 radical (unpaired) electrons. The number of hydrogen-bond acceptors (Lipinski definition) is 8. The van der Waals surface area contributed by atoms with E-state index in [1.807, 2.05) is 0 Å². The van der Waals surface area contributed by atoms with Crippen LogP contribution in [0.4, 0.5) is 0 Å². The van der Waals surface area contributed by atoms with Crippen molar-refractivity contribution in [2.45, 2.75) is 5.92 Å². The fourth-order valence-corrected chi connectivity index (χ4v) is 3.67. The van der Waals surface area contributed by atoms with Crippen LogP contribution in [-0.2, 0) is 0 Å². The molecule has 152 valence electrons. The SMILES string of the molecule is COc1cc(OC)c(C2C(C#N)=C(N)Oc3c2c(=O)oc2ccccc32)c(OC)c1. The van der Waals surface area contributed by atoms with Gasteiger partial charge in [0.25, 0.3) is 0 Å². The number of rotatable bonds is 4.